The van der Waals surface area contributed by atoms with Crippen molar-refractivity contribution in [2.75, 3.05) is 0 Å². The number of nitrogens with zero attached hydrogens (tertiary/aromatic N) is 1. The molecule has 0 bridgehead atoms. The van der Waals surface area contributed by atoms with Gasteiger partial charge in [0.05, 0.1) is 6.21 Å². The zero-order valence-electron chi connectivity index (χ0n) is 14.9. The van der Waals surface area contributed by atoms with E-state index >= 15 is 0 Å². The molecule has 0 saturated heterocycles. The Morgan fingerprint density at radius 1 is 1.08 bits per heavy atom. The Morgan fingerprint density at radius 3 is 2.50 bits per heavy atom. The largest absolute Gasteiger partial charge is 0.488 e. The molecule has 0 radical (unpaired) electrons. The monoisotopic (exact) mass is 353 g/mol. The van der Waals surface area contributed by atoms with Crippen molar-refractivity contribution in [1.29, 1.82) is 0 Å². The lowest BCUT2D eigenvalue weighted by Crippen LogP contribution is -2.41. The van der Waals surface area contributed by atoms with Gasteiger partial charge in [0.25, 0.3) is 0 Å². The third kappa shape index (κ3) is 6.05. The predicted octanol–water partition coefficient (Wildman–Crippen LogP) is 2.63. The Labute approximate surface area is 153 Å². The van der Waals surface area contributed by atoms with Gasteiger partial charge in [0.15, 0.2) is 0 Å². The molecule has 0 fully saturated rings. The number of carbonyl (C=O) groups is 2. The summed E-state index contributed by atoms with van der Waals surface area (Å²) >= 11 is 0. The fraction of sp³-hybridized carbons (Fsp3) is 0.250. The number of ether oxygens (including phenoxy) is 1. The molecule has 2 aromatic carbocycles. The molecule has 2 amide bonds. The summed E-state index contributed by atoms with van der Waals surface area (Å²) < 4.78 is 5.81. The molecule has 2 N–H and O–H groups in total. The van der Waals surface area contributed by atoms with Crippen molar-refractivity contribution in [3.05, 3.63) is 65.7 Å². The van der Waals surface area contributed by atoms with E-state index < -0.39 is 11.8 Å². The highest BCUT2D eigenvalue weighted by atomic mass is 16.5. The molecule has 136 valence electrons. The highest BCUT2D eigenvalue weighted by molar-refractivity contribution is 6.35. The fourth-order valence-electron chi connectivity index (χ4n) is 2.06. The summed E-state index contributed by atoms with van der Waals surface area (Å²) in [5.74, 6) is -0.868. The van der Waals surface area contributed by atoms with Crippen molar-refractivity contribution in [2.24, 2.45) is 5.10 Å². The molecule has 0 unspecified atom stereocenters. The molecule has 0 aliphatic carbocycles. The third-order valence-corrected chi connectivity index (χ3v) is 3.72. The lowest BCUT2D eigenvalue weighted by atomic mass is 10.2. The fourth-order valence-corrected chi connectivity index (χ4v) is 2.06. The smallest absolute Gasteiger partial charge is 0.329 e. The lowest BCUT2D eigenvalue weighted by molar-refractivity contribution is -0.139. The van der Waals surface area contributed by atoms with Crippen LogP contribution in [0.2, 0.25) is 0 Å². The molecule has 6 nitrogen and oxygen atoms in total. The molecule has 2 aromatic rings. The summed E-state index contributed by atoms with van der Waals surface area (Å²) in [6.07, 6.45) is 2.20. The van der Waals surface area contributed by atoms with Gasteiger partial charge in [0.2, 0.25) is 0 Å². The van der Waals surface area contributed by atoms with E-state index in [-0.39, 0.29) is 6.04 Å². The van der Waals surface area contributed by atoms with Gasteiger partial charge in [-0.15, -0.1) is 0 Å². The molecule has 0 spiro atoms. The van der Waals surface area contributed by atoms with Crippen LogP contribution >= 0.6 is 0 Å². The van der Waals surface area contributed by atoms with Crippen LogP contribution in [-0.4, -0.2) is 24.1 Å². The van der Waals surface area contributed by atoms with Crippen LogP contribution in [0.4, 0.5) is 0 Å². The minimum absolute atomic E-state index is 0.0654. The van der Waals surface area contributed by atoms with Gasteiger partial charge in [-0.1, -0.05) is 49.4 Å². The van der Waals surface area contributed by atoms with E-state index in [0.717, 1.165) is 12.0 Å². The van der Waals surface area contributed by atoms with E-state index in [0.29, 0.717) is 17.9 Å². The molecule has 2 rings (SSSR count). The van der Waals surface area contributed by atoms with Crippen molar-refractivity contribution in [2.45, 2.75) is 32.9 Å². The number of benzene rings is 2. The van der Waals surface area contributed by atoms with Crippen LogP contribution in [0.1, 0.15) is 31.4 Å². The quantitative estimate of drug-likeness (QED) is 0.456. The Balaban J connectivity index is 1.93. The van der Waals surface area contributed by atoms with Crippen molar-refractivity contribution < 1.29 is 14.3 Å². The van der Waals surface area contributed by atoms with Gasteiger partial charge in [0, 0.05) is 11.6 Å². The van der Waals surface area contributed by atoms with E-state index in [4.69, 9.17) is 4.74 Å². The zero-order valence-corrected chi connectivity index (χ0v) is 14.9. The van der Waals surface area contributed by atoms with E-state index in [2.05, 4.69) is 15.8 Å². The minimum Gasteiger partial charge on any atom is -0.488 e. The number of hydrazone groups is 1. The topological polar surface area (TPSA) is 79.8 Å². The van der Waals surface area contributed by atoms with Gasteiger partial charge >= 0.3 is 11.8 Å². The summed E-state index contributed by atoms with van der Waals surface area (Å²) in [7, 11) is 0. The second kappa shape index (κ2) is 9.98. The normalized spacial score (nSPS) is 11.8. The van der Waals surface area contributed by atoms with E-state index in [1.807, 2.05) is 68.4 Å². The Morgan fingerprint density at radius 2 is 1.77 bits per heavy atom. The lowest BCUT2D eigenvalue weighted by Gasteiger charge is -2.10. The van der Waals surface area contributed by atoms with Crippen LogP contribution in [0.15, 0.2) is 59.7 Å². The second-order valence-corrected chi connectivity index (χ2v) is 5.79. The maximum Gasteiger partial charge on any atom is 0.329 e. The summed E-state index contributed by atoms with van der Waals surface area (Å²) in [5.41, 5.74) is 3.97. The average molecular weight is 353 g/mol. The van der Waals surface area contributed by atoms with Gasteiger partial charge in [-0.2, -0.15) is 5.10 Å². The number of carbonyl (C=O) groups excluding carboxylic acids is 2. The molecule has 0 heterocycles. The van der Waals surface area contributed by atoms with E-state index in [1.54, 1.807) is 0 Å². The highest BCUT2D eigenvalue weighted by Gasteiger charge is 2.14. The molecule has 1 atom stereocenters. The number of rotatable bonds is 7. The first-order chi connectivity index (χ1) is 12.6. The van der Waals surface area contributed by atoms with E-state index in [1.165, 1.54) is 6.21 Å². The van der Waals surface area contributed by atoms with Crippen molar-refractivity contribution in [3.63, 3.8) is 0 Å². The van der Waals surface area contributed by atoms with Crippen molar-refractivity contribution in [1.82, 2.24) is 10.7 Å². The first-order valence-electron chi connectivity index (χ1n) is 8.49. The van der Waals surface area contributed by atoms with Gasteiger partial charge < -0.3 is 10.1 Å². The van der Waals surface area contributed by atoms with Crippen LogP contribution in [0.5, 0.6) is 5.75 Å². The second-order valence-electron chi connectivity index (χ2n) is 5.79. The van der Waals surface area contributed by atoms with Crippen LogP contribution in [-0.2, 0) is 16.2 Å². The highest BCUT2D eigenvalue weighted by Crippen LogP contribution is 2.17. The number of hydrogen-bond donors (Lipinski definition) is 2. The van der Waals surface area contributed by atoms with Gasteiger partial charge in [-0.05, 0) is 31.0 Å². The summed E-state index contributed by atoms with van der Waals surface area (Å²) in [5, 5.41) is 6.42. The minimum atomic E-state index is -0.802. The Hall–Kier alpha value is -3.15. The number of para-hydroxylation sites is 1. The van der Waals surface area contributed by atoms with Crippen LogP contribution in [0, 0.1) is 0 Å². The number of hydrogen-bond acceptors (Lipinski definition) is 4. The Kier molecular flexibility index (Phi) is 7.36. The van der Waals surface area contributed by atoms with Gasteiger partial charge in [0.1, 0.15) is 12.4 Å². The summed E-state index contributed by atoms with van der Waals surface area (Å²) in [6, 6.07) is 17.1. The summed E-state index contributed by atoms with van der Waals surface area (Å²) in [6.45, 7) is 4.18. The maximum absolute atomic E-state index is 11.7. The predicted molar refractivity (Wildman–Crippen MR) is 101 cm³/mol. The molecule has 0 aromatic heterocycles. The first-order valence-corrected chi connectivity index (χ1v) is 8.49. The maximum atomic E-state index is 11.7. The van der Waals surface area contributed by atoms with Crippen molar-refractivity contribution in [3.8, 4) is 5.75 Å². The van der Waals surface area contributed by atoms with Crippen LogP contribution < -0.4 is 15.5 Å². The SMILES string of the molecule is CC[C@@H](C)NC(=O)C(=O)N/N=C\c1ccccc1OCc1ccccc1. The standard InChI is InChI=1S/C20H23N3O3/c1-3-15(2)22-19(24)20(25)23-21-13-17-11-7-8-12-18(17)26-14-16-9-5-4-6-10-16/h4-13,15H,3,14H2,1-2H3,(H,22,24)(H,23,25)/b21-13-/t15-/m1/s1. The number of amides is 2. The molecule has 26 heavy (non-hydrogen) atoms. The molecule has 0 aliphatic heterocycles. The first kappa shape index (κ1) is 19.2. The Bertz CT molecular complexity index is 760. The molecule has 0 saturated carbocycles. The van der Waals surface area contributed by atoms with Gasteiger partial charge in [-0.25, -0.2) is 5.43 Å². The van der Waals surface area contributed by atoms with Crippen molar-refractivity contribution >= 4 is 18.0 Å². The molecular weight excluding hydrogens is 330 g/mol. The zero-order chi connectivity index (χ0) is 18.8. The molecule has 0 aliphatic rings. The van der Waals surface area contributed by atoms with Gasteiger partial charge in [-0.3, -0.25) is 9.59 Å². The third-order valence-electron chi connectivity index (χ3n) is 3.72. The summed E-state index contributed by atoms with van der Waals surface area (Å²) in [4.78, 5) is 23.4. The average Bonchev–Trinajstić information content (AvgIpc) is 2.67. The van der Waals surface area contributed by atoms with E-state index in [9.17, 15) is 9.59 Å². The molecule has 6 heteroatoms. The number of nitrogens with one attached hydrogen (secondary N) is 2. The van der Waals surface area contributed by atoms with Crippen LogP contribution in [0.25, 0.3) is 0 Å². The molecular formula is C20H23N3O3. The van der Waals surface area contributed by atoms with Crippen LogP contribution in [0.3, 0.4) is 0 Å².